The van der Waals surface area contributed by atoms with E-state index in [1.807, 2.05) is 37.3 Å². The van der Waals surface area contributed by atoms with Crippen molar-refractivity contribution in [2.45, 2.75) is 32.6 Å². The molecule has 3 aromatic rings. The number of benzene rings is 2. The number of hydrogen-bond acceptors (Lipinski definition) is 5. The van der Waals surface area contributed by atoms with Gasteiger partial charge in [-0.05, 0) is 61.4 Å². The maximum absolute atomic E-state index is 12.6. The fourth-order valence-electron chi connectivity index (χ4n) is 2.91. The Morgan fingerprint density at radius 3 is 2.48 bits per heavy atom. The number of ether oxygens (including phenoxy) is 3. The van der Waals surface area contributed by atoms with Gasteiger partial charge in [0.05, 0.1) is 18.2 Å². The van der Waals surface area contributed by atoms with E-state index in [0.717, 1.165) is 11.1 Å². The highest BCUT2D eigenvalue weighted by atomic mass is 35.5. The topological polar surface area (TPSA) is 69.7 Å². The highest BCUT2D eigenvalue weighted by molar-refractivity contribution is 6.32. The summed E-state index contributed by atoms with van der Waals surface area (Å²) in [4.78, 5) is 16.6. The van der Waals surface area contributed by atoms with Gasteiger partial charge in [-0.1, -0.05) is 29.8 Å². The average molecular weight is 441 g/mol. The highest BCUT2D eigenvalue weighted by Crippen LogP contribution is 2.31. The number of nitrogens with zero attached hydrogens (tertiary/aromatic N) is 1. The number of methoxy groups -OCH3 is 1. The molecule has 162 valence electrons. The number of amides is 1. The zero-order valence-electron chi connectivity index (χ0n) is 17.7. The first-order valence-corrected chi connectivity index (χ1v) is 10.3. The van der Waals surface area contributed by atoms with E-state index in [0.29, 0.717) is 28.9 Å². The first kappa shape index (κ1) is 22.4. The predicted octanol–water partition coefficient (Wildman–Crippen LogP) is 4.97. The molecule has 1 N–H and O–H groups in total. The molecule has 0 aliphatic carbocycles. The van der Waals surface area contributed by atoms with E-state index in [1.165, 1.54) is 0 Å². The van der Waals surface area contributed by atoms with Gasteiger partial charge in [0, 0.05) is 12.4 Å². The molecule has 1 amide bonds. The van der Waals surface area contributed by atoms with Gasteiger partial charge in [-0.25, -0.2) is 0 Å². The molecule has 0 saturated heterocycles. The Balaban J connectivity index is 1.62. The molecule has 1 aromatic heterocycles. The van der Waals surface area contributed by atoms with Gasteiger partial charge in [0.1, 0.15) is 12.4 Å². The Hall–Kier alpha value is -3.25. The maximum Gasteiger partial charge on any atom is 0.261 e. The number of aromatic nitrogens is 1. The Kier molecular flexibility index (Phi) is 7.73. The lowest BCUT2D eigenvalue weighted by atomic mass is 10.1. The number of nitrogens with one attached hydrogen (secondary N) is 1. The van der Waals surface area contributed by atoms with Crippen LogP contribution in [0.25, 0.3) is 0 Å². The minimum Gasteiger partial charge on any atom is -0.493 e. The van der Waals surface area contributed by atoms with Gasteiger partial charge in [0.25, 0.3) is 5.91 Å². The van der Waals surface area contributed by atoms with Crippen molar-refractivity contribution >= 4 is 17.5 Å². The normalized spacial score (nSPS) is 12.5. The molecule has 0 spiro atoms. The van der Waals surface area contributed by atoms with Gasteiger partial charge < -0.3 is 19.5 Å². The third-order valence-corrected chi connectivity index (χ3v) is 5.01. The summed E-state index contributed by atoms with van der Waals surface area (Å²) in [5.74, 6) is 1.44. The lowest BCUT2D eigenvalue weighted by Gasteiger charge is -2.20. The monoisotopic (exact) mass is 440 g/mol. The van der Waals surface area contributed by atoms with Gasteiger partial charge in [0.15, 0.2) is 17.6 Å². The third kappa shape index (κ3) is 6.12. The van der Waals surface area contributed by atoms with Crippen molar-refractivity contribution in [1.82, 2.24) is 10.3 Å². The third-order valence-electron chi connectivity index (χ3n) is 4.70. The van der Waals surface area contributed by atoms with Crippen LogP contribution < -0.4 is 19.5 Å². The van der Waals surface area contributed by atoms with Crippen LogP contribution in [0.4, 0.5) is 0 Å². The SMILES string of the molecule is COc1cc(C(C)NC(=O)C(C)Oc2ccccc2Cl)ccc1OCc1ccncc1. The number of para-hydroxylation sites is 1. The van der Waals surface area contributed by atoms with E-state index in [2.05, 4.69) is 10.3 Å². The van der Waals surface area contributed by atoms with Gasteiger partial charge in [-0.3, -0.25) is 9.78 Å². The van der Waals surface area contributed by atoms with Crippen molar-refractivity contribution in [2.75, 3.05) is 7.11 Å². The van der Waals surface area contributed by atoms with Gasteiger partial charge in [-0.15, -0.1) is 0 Å². The van der Waals surface area contributed by atoms with Crippen molar-refractivity contribution in [3.8, 4) is 17.2 Å². The van der Waals surface area contributed by atoms with Gasteiger partial charge >= 0.3 is 0 Å². The van der Waals surface area contributed by atoms with Crippen LogP contribution in [0, 0.1) is 0 Å². The number of carbonyl (C=O) groups is 1. The summed E-state index contributed by atoms with van der Waals surface area (Å²) in [6.07, 6.45) is 2.74. The van der Waals surface area contributed by atoms with Crippen molar-refractivity contribution in [1.29, 1.82) is 0 Å². The smallest absolute Gasteiger partial charge is 0.261 e. The summed E-state index contributed by atoms with van der Waals surface area (Å²) in [5.41, 5.74) is 1.89. The maximum atomic E-state index is 12.6. The molecule has 1 heterocycles. The summed E-state index contributed by atoms with van der Waals surface area (Å²) in [6.45, 7) is 3.98. The van der Waals surface area contributed by atoms with Gasteiger partial charge in [0.2, 0.25) is 0 Å². The molecular formula is C24H25ClN2O4. The van der Waals surface area contributed by atoms with Gasteiger partial charge in [-0.2, -0.15) is 0 Å². The summed E-state index contributed by atoms with van der Waals surface area (Å²) in [5, 5.41) is 3.41. The fourth-order valence-corrected chi connectivity index (χ4v) is 3.09. The second-order valence-corrected chi connectivity index (χ2v) is 7.38. The van der Waals surface area contributed by atoms with Crippen molar-refractivity contribution in [3.63, 3.8) is 0 Å². The fraction of sp³-hybridized carbons (Fsp3) is 0.250. The second-order valence-electron chi connectivity index (χ2n) is 6.98. The van der Waals surface area contributed by atoms with E-state index in [9.17, 15) is 4.79 Å². The molecule has 7 heteroatoms. The molecule has 31 heavy (non-hydrogen) atoms. The number of halogens is 1. The van der Waals surface area contributed by atoms with Crippen LogP contribution in [-0.2, 0) is 11.4 Å². The second kappa shape index (κ2) is 10.7. The van der Waals surface area contributed by atoms with Crippen molar-refractivity contribution in [3.05, 3.63) is 83.1 Å². The first-order valence-electron chi connectivity index (χ1n) is 9.89. The van der Waals surface area contributed by atoms with Crippen LogP contribution in [0.2, 0.25) is 5.02 Å². The number of rotatable bonds is 9. The van der Waals surface area contributed by atoms with Crippen LogP contribution in [0.3, 0.4) is 0 Å². The van der Waals surface area contributed by atoms with Crippen LogP contribution in [-0.4, -0.2) is 24.1 Å². The molecule has 0 bridgehead atoms. The minimum atomic E-state index is -0.702. The Morgan fingerprint density at radius 2 is 1.77 bits per heavy atom. The molecule has 0 radical (unpaired) electrons. The van der Waals surface area contributed by atoms with Crippen molar-refractivity contribution in [2.24, 2.45) is 0 Å². The number of carbonyl (C=O) groups excluding carboxylic acids is 1. The lowest BCUT2D eigenvalue weighted by Crippen LogP contribution is -2.37. The Bertz CT molecular complexity index is 1010. The van der Waals surface area contributed by atoms with Crippen LogP contribution in [0.15, 0.2) is 67.0 Å². The summed E-state index contributed by atoms with van der Waals surface area (Å²) < 4.78 is 17.0. The Morgan fingerprint density at radius 1 is 1.03 bits per heavy atom. The van der Waals surface area contributed by atoms with E-state index in [4.69, 9.17) is 25.8 Å². The molecule has 3 rings (SSSR count). The molecule has 0 fully saturated rings. The summed E-state index contributed by atoms with van der Waals surface area (Å²) in [6, 6.07) is 16.2. The molecule has 0 aliphatic heterocycles. The summed E-state index contributed by atoms with van der Waals surface area (Å²) >= 11 is 6.10. The molecule has 0 saturated carbocycles. The largest absolute Gasteiger partial charge is 0.493 e. The highest BCUT2D eigenvalue weighted by Gasteiger charge is 2.19. The molecule has 2 unspecified atom stereocenters. The molecule has 6 nitrogen and oxygen atoms in total. The van der Waals surface area contributed by atoms with Crippen molar-refractivity contribution < 1.29 is 19.0 Å². The summed E-state index contributed by atoms with van der Waals surface area (Å²) in [7, 11) is 1.58. The standard InChI is InChI=1S/C24H25ClN2O4/c1-16(27-24(28)17(2)31-21-7-5-4-6-20(21)25)19-8-9-22(23(14-19)29-3)30-15-18-10-12-26-13-11-18/h4-14,16-17H,15H2,1-3H3,(H,27,28). The zero-order chi connectivity index (χ0) is 22.2. The number of pyridine rings is 1. The Labute approximate surface area is 187 Å². The van der Waals surface area contributed by atoms with E-state index < -0.39 is 6.10 Å². The minimum absolute atomic E-state index is 0.246. The molecule has 0 aliphatic rings. The van der Waals surface area contributed by atoms with Crippen LogP contribution >= 0.6 is 11.6 Å². The average Bonchev–Trinajstić information content (AvgIpc) is 2.79. The van der Waals surface area contributed by atoms with E-state index >= 15 is 0 Å². The first-order chi connectivity index (χ1) is 15.0. The molecule has 2 atom stereocenters. The van der Waals surface area contributed by atoms with E-state index in [-0.39, 0.29) is 11.9 Å². The number of hydrogen-bond donors (Lipinski definition) is 1. The zero-order valence-corrected chi connectivity index (χ0v) is 18.4. The quantitative estimate of drug-likeness (QED) is 0.508. The molecular weight excluding hydrogens is 416 g/mol. The van der Waals surface area contributed by atoms with Crippen LogP contribution in [0.1, 0.15) is 31.0 Å². The lowest BCUT2D eigenvalue weighted by molar-refractivity contribution is -0.127. The van der Waals surface area contributed by atoms with E-state index in [1.54, 1.807) is 50.7 Å². The predicted molar refractivity (Wildman–Crippen MR) is 120 cm³/mol. The molecule has 2 aromatic carbocycles. The van der Waals surface area contributed by atoms with Crippen LogP contribution in [0.5, 0.6) is 17.2 Å².